The Kier molecular flexibility index (Phi) is 5.98. The lowest BCUT2D eigenvalue weighted by Gasteiger charge is -2.45. The van der Waals surface area contributed by atoms with Crippen molar-refractivity contribution in [2.24, 2.45) is 11.7 Å². The van der Waals surface area contributed by atoms with Gasteiger partial charge in [-0.15, -0.1) is 0 Å². The number of nitrogens with two attached hydrogens (primary N) is 1. The van der Waals surface area contributed by atoms with Crippen molar-refractivity contribution in [1.29, 1.82) is 0 Å². The van der Waals surface area contributed by atoms with E-state index in [1.54, 1.807) is 24.5 Å². The fourth-order valence-corrected chi connectivity index (χ4v) is 5.25. The first-order valence-corrected chi connectivity index (χ1v) is 13.6. The number of fused-ring (bicyclic) bond motifs is 2. The first-order valence-electron chi connectivity index (χ1n) is 13.6. The number of esters is 1. The van der Waals surface area contributed by atoms with Gasteiger partial charge in [0, 0.05) is 29.8 Å². The van der Waals surface area contributed by atoms with Gasteiger partial charge in [-0.05, 0) is 69.7 Å². The third-order valence-corrected chi connectivity index (χ3v) is 8.14. The normalized spacial score (nSPS) is 24.6. The maximum Gasteiger partial charge on any atom is 0.340 e. The van der Waals surface area contributed by atoms with Crippen molar-refractivity contribution in [2.45, 2.75) is 77.2 Å². The Labute approximate surface area is 227 Å². The summed E-state index contributed by atoms with van der Waals surface area (Å²) in [4.78, 5) is 40.6. The minimum atomic E-state index is -0.657. The SMILES string of the molecule is C[C@@H]1OC(=O)c2ccc(Nc3cc4c(C(C)(C)N)cnc(O[C@@H]5CN(C(=O)C6CC6)[C@H]5C)c4cn3)nc2[C@H]1C. The fraction of sp³-hybridized carbons (Fsp3) is 0.483. The zero-order valence-corrected chi connectivity index (χ0v) is 22.9. The molecule has 2 fully saturated rings. The van der Waals surface area contributed by atoms with Crippen molar-refractivity contribution in [1.82, 2.24) is 19.9 Å². The summed E-state index contributed by atoms with van der Waals surface area (Å²) in [6.45, 7) is 10.3. The number of anilines is 2. The van der Waals surface area contributed by atoms with Gasteiger partial charge in [0.05, 0.1) is 29.2 Å². The van der Waals surface area contributed by atoms with E-state index < -0.39 is 5.54 Å². The molecule has 3 aliphatic rings. The van der Waals surface area contributed by atoms with Gasteiger partial charge in [-0.2, -0.15) is 0 Å². The number of rotatable bonds is 6. The number of aromatic nitrogens is 3. The number of ether oxygens (including phenoxy) is 2. The lowest BCUT2D eigenvalue weighted by Crippen LogP contribution is -2.63. The summed E-state index contributed by atoms with van der Waals surface area (Å²) in [5.74, 6) is 1.68. The van der Waals surface area contributed by atoms with Crippen LogP contribution in [0, 0.1) is 5.92 Å². The van der Waals surface area contributed by atoms with Crippen LogP contribution < -0.4 is 15.8 Å². The number of hydrogen-bond donors (Lipinski definition) is 2. The molecule has 4 atom stereocenters. The Morgan fingerprint density at radius 1 is 1.13 bits per heavy atom. The molecule has 0 aromatic carbocycles. The van der Waals surface area contributed by atoms with E-state index >= 15 is 0 Å². The van der Waals surface area contributed by atoms with Gasteiger partial charge in [0.1, 0.15) is 23.8 Å². The predicted octanol–water partition coefficient (Wildman–Crippen LogP) is 4.01. The molecule has 1 saturated carbocycles. The average Bonchev–Trinajstić information content (AvgIpc) is 3.74. The molecule has 0 spiro atoms. The van der Waals surface area contributed by atoms with Crippen LogP contribution >= 0.6 is 0 Å². The summed E-state index contributed by atoms with van der Waals surface area (Å²) in [6.07, 6.45) is 5.08. The number of likely N-dealkylation sites (tertiary alicyclic amines) is 1. The summed E-state index contributed by atoms with van der Waals surface area (Å²) < 4.78 is 11.7. The van der Waals surface area contributed by atoms with Crippen LogP contribution in [0.5, 0.6) is 5.88 Å². The first kappa shape index (κ1) is 25.5. The maximum absolute atomic E-state index is 12.5. The average molecular weight is 531 g/mol. The standard InChI is InChI=1S/C29H34N6O4/c1-14-16(3)38-28(37)18-8-9-23(34-25(14)18)33-24-10-19-20(11-31-24)26(32-12-21(19)29(4,5)30)39-22-13-35(15(22)2)27(36)17-6-7-17/h8-12,14-17,22H,6-7,13,30H2,1-5H3,(H,31,33,34)/t14-,15-,16-,22+/m0/s1. The zero-order valence-electron chi connectivity index (χ0n) is 22.9. The Morgan fingerprint density at radius 3 is 2.59 bits per heavy atom. The number of cyclic esters (lactones) is 1. The summed E-state index contributed by atoms with van der Waals surface area (Å²) in [6, 6.07) is 5.39. The van der Waals surface area contributed by atoms with E-state index in [-0.39, 0.29) is 42.0 Å². The second-order valence-corrected chi connectivity index (χ2v) is 11.6. The second kappa shape index (κ2) is 9.15. The Bertz CT molecular complexity index is 1480. The Balaban J connectivity index is 1.29. The number of hydrogen-bond acceptors (Lipinski definition) is 9. The molecule has 0 radical (unpaired) electrons. The van der Waals surface area contributed by atoms with Gasteiger partial charge in [-0.1, -0.05) is 6.92 Å². The molecule has 0 bridgehead atoms. The van der Waals surface area contributed by atoms with E-state index in [9.17, 15) is 9.59 Å². The predicted molar refractivity (Wildman–Crippen MR) is 146 cm³/mol. The molecule has 3 N–H and O–H groups in total. The highest BCUT2D eigenvalue weighted by Gasteiger charge is 2.45. The van der Waals surface area contributed by atoms with Crippen LogP contribution in [0.1, 0.15) is 75.0 Å². The monoisotopic (exact) mass is 530 g/mol. The smallest absolute Gasteiger partial charge is 0.340 e. The lowest BCUT2D eigenvalue weighted by molar-refractivity contribution is -0.148. The van der Waals surface area contributed by atoms with Crippen LogP contribution in [0.15, 0.2) is 30.6 Å². The van der Waals surface area contributed by atoms with Crippen molar-refractivity contribution >= 4 is 34.3 Å². The van der Waals surface area contributed by atoms with Gasteiger partial charge >= 0.3 is 5.97 Å². The van der Waals surface area contributed by atoms with E-state index in [2.05, 4.69) is 15.3 Å². The molecule has 204 valence electrons. The molecule has 5 heterocycles. The number of carbonyl (C=O) groups is 2. The molecule has 10 heteroatoms. The molecule has 1 saturated heterocycles. The van der Waals surface area contributed by atoms with Crippen LogP contribution in [0.2, 0.25) is 0 Å². The van der Waals surface area contributed by atoms with E-state index in [1.807, 2.05) is 45.6 Å². The highest BCUT2D eigenvalue weighted by atomic mass is 16.5. The van der Waals surface area contributed by atoms with Gasteiger partial charge in [0.25, 0.3) is 0 Å². The first-order chi connectivity index (χ1) is 18.5. The lowest BCUT2D eigenvalue weighted by atomic mass is 9.93. The van der Waals surface area contributed by atoms with Crippen molar-refractivity contribution in [2.75, 3.05) is 11.9 Å². The van der Waals surface area contributed by atoms with Gasteiger partial charge in [-0.25, -0.2) is 19.7 Å². The zero-order chi connectivity index (χ0) is 27.6. The summed E-state index contributed by atoms with van der Waals surface area (Å²) in [5, 5.41) is 4.90. The Morgan fingerprint density at radius 2 is 1.90 bits per heavy atom. The summed E-state index contributed by atoms with van der Waals surface area (Å²) in [7, 11) is 0. The van der Waals surface area contributed by atoms with Crippen LogP contribution in [0.4, 0.5) is 11.6 Å². The van der Waals surface area contributed by atoms with E-state index in [0.717, 1.165) is 29.2 Å². The van der Waals surface area contributed by atoms with Crippen LogP contribution in [0.25, 0.3) is 10.8 Å². The molecular weight excluding hydrogens is 496 g/mol. The summed E-state index contributed by atoms with van der Waals surface area (Å²) >= 11 is 0. The van der Waals surface area contributed by atoms with Gasteiger partial charge < -0.3 is 25.4 Å². The maximum atomic E-state index is 12.5. The minimum Gasteiger partial charge on any atom is -0.470 e. The molecule has 39 heavy (non-hydrogen) atoms. The van der Waals surface area contributed by atoms with E-state index in [1.165, 1.54) is 0 Å². The number of pyridine rings is 3. The van der Waals surface area contributed by atoms with Crippen molar-refractivity contribution in [3.63, 3.8) is 0 Å². The molecule has 6 rings (SSSR count). The fourth-order valence-electron chi connectivity index (χ4n) is 5.25. The molecule has 1 amide bonds. The molecule has 3 aromatic heterocycles. The largest absolute Gasteiger partial charge is 0.470 e. The topological polar surface area (TPSA) is 133 Å². The number of carbonyl (C=O) groups excluding carboxylic acids is 2. The molecule has 1 aliphatic carbocycles. The highest BCUT2D eigenvalue weighted by Crippen LogP contribution is 2.38. The molecule has 10 nitrogen and oxygen atoms in total. The highest BCUT2D eigenvalue weighted by molar-refractivity contribution is 5.93. The third-order valence-electron chi connectivity index (χ3n) is 8.14. The van der Waals surface area contributed by atoms with Gasteiger partial charge in [0.2, 0.25) is 11.8 Å². The van der Waals surface area contributed by atoms with Crippen LogP contribution in [-0.2, 0) is 15.1 Å². The Hall–Kier alpha value is -3.79. The van der Waals surface area contributed by atoms with Crippen LogP contribution in [-0.4, -0.2) is 56.5 Å². The second-order valence-electron chi connectivity index (χ2n) is 11.6. The van der Waals surface area contributed by atoms with Crippen molar-refractivity contribution < 1.29 is 19.1 Å². The number of nitrogens with zero attached hydrogens (tertiary/aromatic N) is 4. The number of amides is 1. The molecule has 3 aromatic rings. The molecule has 2 aliphatic heterocycles. The minimum absolute atomic E-state index is 0.00745. The van der Waals surface area contributed by atoms with Gasteiger partial charge in [-0.3, -0.25) is 4.79 Å². The van der Waals surface area contributed by atoms with Crippen LogP contribution in [0.3, 0.4) is 0 Å². The van der Waals surface area contributed by atoms with Crippen molar-refractivity contribution in [3.8, 4) is 5.88 Å². The summed E-state index contributed by atoms with van der Waals surface area (Å²) in [5.41, 5.74) is 7.91. The van der Waals surface area contributed by atoms with Gasteiger partial charge in [0.15, 0.2) is 0 Å². The van der Waals surface area contributed by atoms with E-state index in [0.29, 0.717) is 35.3 Å². The molecular formula is C29H34N6O4. The third kappa shape index (κ3) is 4.56. The van der Waals surface area contributed by atoms with E-state index in [4.69, 9.17) is 20.2 Å². The number of nitrogens with one attached hydrogen (secondary N) is 1. The quantitative estimate of drug-likeness (QED) is 0.454. The molecule has 0 unspecified atom stereocenters. The van der Waals surface area contributed by atoms with Crippen molar-refractivity contribution in [3.05, 3.63) is 47.4 Å².